The Hall–Kier alpha value is -2.44. The maximum absolute atomic E-state index is 12.4. The van der Waals surface area contributed by atoms with Crippen LogP contribution in [-0.4, -0.2) is 33.4 Å². The molecule has 2 heterocycles. The third kappa shape index (κ3) is 4.55. The first kappa shape index (κ1) is 17.4. The summed E-state index contributed by atoms with van der Waals surface area (Å²) in [5.74, 6) is -0.0646. The molecule has 6 heteroatoms. The van der Waals surface area contributed by atoms with Crippen LogP contribution in [0.15, 0.2) is 53.5 Å². The van der Waals surface area contributed by atoms with E-state index in [4.69, 9.17) is 5.11 Å². The van der Waals surface area contributed by atoms with Crippen molar-refractivity contribution >= 4 is 17.2 Å². The predicted molar refractivity (Wildman–Crippen MR) is 99.7 cm³/mol. The summed E-state index contributed by atoms with van der Waals surface area (Å²) < 4.78 is 1.70. The van der Waals surface area contributed by atoms with E-state index in [0.29, 0.717) is 12.1 Å². The van der Waals surface area contributed by atoms with Crippen LogP contribution in [0.2, 0.25) is 0 Å². The molecule has 0 aliphatic heterocycles. The van der Waals surface area contributed by atoms with E-state index in [2.05, 4.69) is 21.9 Å². The van der Waals surface area contributed by atoms with Gasteiger partial charge in [-0.2, -0.15) is 16.4 Å². The summed E-state index contributed by atoms with van der Waals surface area (Å²) in [6.07, 6.45) is 4.47. The standard InChI is InChI=1S/C19H21N3O2S/c1-14(10-15-6-9-25-13-15)21-19(24)17-4-2-16(3-5-17)18-11-20-22(12-18)7-8-23/h2-6,9,11-14,23H,7-8,10H2,1H3,(H,21,24). The van der Waals surface area contributed by atoms with E-state index in [0.717, 1.165) is 17.5 Å². The zero-order chi connectivity index (χ0) is 17.6. The highest BCUT2D eigenvalue weighted by Gasteiger charge is 2.11. The highest BCUT2D eigenvalue weighted by molar-refractivity contribution is 7.07. The number of nitrogens with zero attached hydrogens (tertiary/aromatic N) is 2. The Labute approximate surface area is 150 Å². The molecule has 1 unspecified atom stereocenters. The molecule has 0 aliphatic rings. The van der Waals surface area contributed by atoms with Gasteiger partial charge in [0.05, 0.1) is 19.3 Å². The first-order valence-electron chi connectivity index (χ1n) is 8.21. The molecule has 2 aromatic heterocycles. The van der Waals surface area contributed by atoms with Gasteiger partial charge in [-0.15, -0.1) is 0 Å². The zero-order valence-corrected chi connectivity index (χ0v) is 14.9. The molecular weight excluding hydrogens is 334 g/mol. The average Bonchev–Trinajstić information content (AvgIpc) is 3.27. The molecule has 25 heavy (non-hydrogen) atoms. The van der Waals surface area contributed by atoms with Crippen LogP contribution in [0.4, 0.5) is 0 Å². The Morgan fingerprint density at radius 2 is 2.08 bits per heavy atom. The van der Waals surface area contributed by atoms with Gasteiger partial charge in [0.15, 0.2) is 0 Å². The number of amides is 1. The summed E-state index contributed by atoms with van der Waals surface area (Å²) in [6.45, 7) is 2.55. The normalized spacial score (nSPS) is 12.1. The number of benzene rings is 1. The molecule has 0 spiro atoms. The number of carbonyl (C=O) groups is 1. The van der Waals surface area contributed by atoms with Gasteiger partial charge in [0, 0.05) is 23.4 Å². The first-order chi connectivity index (χ1) is 12.2. The van der Waals surface area contributed by atoms with Crippen molar-refractivity contribution in [1.29, 1.82) is 0 Å². The summed E-state index contributed by atoms with van der Waals surface area (Å²) in [6, 6.07) is 9.64. The topological polar surface area (TPSA) is 67.2 Å². The van der Waals surface area contributed by atoms with E-state index in [-0.39, 0.29) is 18.6 Å². The van der Waals surface area contributed by atoms with E-state index in [1.807, 2.05) is 42.8 Å². The highest BCUT2D eigenvalue weighted by Crippen LogP contribution is 2.19. The van der Waals surface area contributed by atoms with E-state index < -0.39 is 0 Å². The van der Waals surface area contributed by atoms with E-state index in [9.17, 15) is 4.79 Å². The van der Waals surface area contributed by atoms with Gasteiger partial charge in [0.2, 0.25) is 0 Å². The predicted octanol–water partition coefficient (Wildman–Crippen LogP) is 2.96. The van der Waals surface area contributed by atoms with Crippen LogP contribution in [0.1, 0.15) is 22.8 Å². The fourth-order valence-electron chi connectivity index (χ4n) is 2.67. The van der Waals surface area contributed by atoms with Gasteiger partial charge in [-0.1, -0.05) is 12.1 Å². The van der Waals surface area contributed by atoms with Crippen molar-refractivity contribution in [2.24, 2.45) is 0 Å². The second-order valence-electron chi connectivity index (χ2n) is 6.00. The van der Waals surface area contributed by atoms with Crippen molar-refractivity contribution in [3.8, 4) is 11.1 Å². The summed E-state index contributed by atoms with van der Waals surface area (Å²) in [4.78, 5) is 12.4. The zero-order valence-electron chi connectivity index (χ0n) is 14.1. The fourth-order valence-corrected chi connectivity index (χ4v) is 3.35. The lowest BCUT2D eigenvalue weighted by Gasteiger charge is -2.13. The van der Waals surface area contributed by atoms with Crippen LogP contribution in [0.25, 0.3) is 11.1 Å². The van der Waals surface area contributed by atoms with Crippen LogP contribution in [0.5, 0.6) is 0 Å². The molecule has 1 amide bonds. The van der Waals surface area contributed by atoms with E-state index in [1.54, 1.807) is 22.2 Å². The van der Waals surface area contributed by atoms with Gasteiger partial charge < -0.3 is 10.4 Å². The molecule has 0 bridgehead atoms. The van der Waals surface area contributed by atoms with Crippen LogP contribution in [0.3, 0.4) is 0 Å². The molecule has 130 valence electrons. The second-order valence-corrected chi connectivity index (χ2v) is 6.78. The molecule has 0 saturated heterocycles. The Balaban J connectivity index is 1.61. The molecule has 0 fully saturated rings. The van der Waals surface area contributed by atoms with E-state index in [1.165, 1.54) is 5.56 Å². The number of hydrogen-bond acceptors (Lipinski definition) is 4. The van der Waals surface area contributed by atoms with Gasteiger partial charge in [0.25, 0.3) is 5.91 Å². The van der Waals surface area contributed by atoms with Crippen molar-refractivity contribution in [1.82, 2.24) is 15.1 Å². The number of aliphatic hydroxyl groups excluding tert-OH is 1. The SMILES string of the molecule is CC(Cc1ccsc1)NC(=O)c1ccc(-c2cnn(CCO)c2)cc1. The van der Waals surface area contributed by atoms with Gasteiger partial charge in [-0.05, 0) is 53.4 Å². The lowest BCUT2D eigenvalue weighted by atomic mass is 10.1. The highest BCUT2D eigenvalue weighted by atomic mass is 32.1. The molecule has 0 saturated carbocycles. The van der Waals surface area contributed by atoms with Gasteiger partial charge >= 0.3 is 0 Å². The third-order valence-corrected chi connectivity index (χ3v) is 4.67. The third-order valence-electron chi connectivity index (χ3n) is 3.94. The fraction of sp³-hybridized carbons (Fsp3) is 0.263. The molecular formula is C19H21N3O2S. The maximum atomic E-state index is 12.4. The minimum Gasteiger partial charge on any atom is -0.394 e. The molecule has 3 rings (SSSR count). The summed E-state index contributed by atoms with van der Waals surface area (Å²) in [7, 11) is 0. The number of nitrogens with one attached hydrogen (secondary N) is 1. The van der Waals surface area contributed by atoms with Crippen LogP contribution >= 0.6 is 11.3 Å². The summed E-state index contributed by atoms with van der Waals surface area (Å²) in [5, 5.41) is 20.3. The number of rotatable bonds is 7. The molecule has 3 aromatic rings. The molecule has 1 atom stereocenters. The molecule has 2 N–H and O–H groups in total. The smallest absolute Gasteiger partial charge is 0.251 e. The minimum absolute atomic E-state index is 0.0593. The van der Waals surface area contributed by atoms with Gasteiger partial charge in [0.1, 0.15) is 0 Å². The van der Waals surface area contributed by atoms with Gasteiger partial charge in [-0.3, -0.25) is 9.48 Å². The van der Waals surface area contributed by atoms with Crippen molar-refractivity contribution in [2.45, 2.75) is 25.9 Å². The number of hydrogen-bond donors (Lipinski definition) is 2. The number of thiophene rings is 1. The monoisotopic (exact) mass is 355 g/mol. The van der Waals surface area contributed by atoms with Crippen molar-refractivity contribution < 1.29 is 9.90 Å². The van der Waals surface area contributed by atoms with Crippen LogP contribution in [-0.2, 0) is 13.0 Å². The minimum atomic E-state index is -0.0646. The molecule has 1 aromatic carbocycles. The van der Waals surface area contributed by atoms with Crippen LogP contribution in [0, 0.1) is 0 Å². The maximum Gasteiger partial charge on any atom is 0.251 e. The Morgan fingerprint density at radius 3 is 2.76 bits per heavy atom. The number of aliphatic hydroxyl groups is 1. The lowest BCUT2D eigenvalue weighted by Crippen LogP contribution is -2.33. The number of carbonyl (C=O) groups excluding carboxylic acids is 1. The van der Waals surface area contributed by atoms with Gasteiger partial charge in [-0.25, -0.2) is 0 Å². The molecule has 0 radical (unpaired) electrons. The summed E-state index contributed by atoms with van der Waals surface area (Å²) in [5.41, 5.74) is 3.84. The average molecular weight is 355 g/mol. The number of aromatic nitrogens is 2. The van der Waals surface area contributed by atoms with Crippen molar-refractivity contribution in [2.75, 3.05) is 6.61 Å². The second kappa shape index (κ2) is 8.09. The first-order valence-corrected chi connectivity index (χ1v) is 9.15. The molecule has 5 nitrogen and oxygen atoms in total. The van der Waals surface area contributed by atoms with E-state index >= 15 is 0 Å². The largest absolute Gasteiger partial charge is 0.394 e. The molecule has 0 aliphatic carbocycles. The Kier molecular flexibility index (Phi) is 5.63. The lowest BCUT2D eigenvalue weighted by molar-refractivity contribution is 0.0940. The summed E-state index contributed by atoms with van der Waals surface area (Å²) >= 11 is 1.67. The van der Waals surface area contributed by atoms with Crippen molar-refractivity contribution in [3.63, 3.8) is 0 Å². The Morgan fingerprint density at radius 1 is 1.28 bits per heavy atom. The van der Waals surface area contributed by atoms with Crippen molar-refractivity contribution in [3.05, 3.63) is 64.6 Å². The van der Waals surface area contributed by atoms with Crippen LogP contribution < -0.4 is 5.32 Å². The quantitative estimate of drug-likeness (QED) is 0.685. The Bertz CT molecular complexity index is 810.